The predicted octanol–water partition coefficient (Wildman–Crippen LogP) is 6.19. The lowest BCUT2D eigenvalue weighted by Gasteiger charge is -2.33. The second-order valence-corrected chi connectivity index (χ2v) is 10.3. The van der Waals surface area contributed by atoms with Gasteiger partial charge in [0.05, 0.1) is 16.6 Å². The van der Waals surface area contributed by atoms with Gasteiger partial charge >= 0.3 is 0 Å². The lowest BCUT2D eigenvalue weighted by atomic mass is 9.76. The van der Waals surface area contributed by atoms with Crippen molar-refractivity contribution >= 4 is 27.8 Å². The zero-order valence-corrected chi connectivity index (χ0v) is 20.5. The second-order valence-electron chi connectivity index (χ2n) is 10.3. The number of carbonyl (C=O) groups is 1. The molecule has 6 nitrogen and oxygen atoms in total. The van der Waals surface area contributed by atoms with Crippen molar-refractivity contribution in [3.8, 4) is 0 Å². The molecule has 0 saturated heterocycles. The first-order valence-corrected chi connectivity index (χ1v) is 13.0. The third kappa shape index (κ3) is 4.37. The highest BCUT2D eigenvalue weighted by atomic mass is 19.1. The molecule has 0 spiro atoms. The number of hydrogen-bond donors (Lipinski definition) is 2. The molecule has 186 valence electrons. The Hall–Kier alpha value is -3.32. The Labute approximate surface area is 209 Å². The van der Waals surface area contributed by atoms with Gasteiger partial charge in [0, 0.05) is 30.3 Å². The highest BCUT2D eigenvalue weighted by Crippen LogP contribution is 2.43. The molecule has 36 heavy (non-hydrogen) atoms. The number of amides is 1. The van der Waals surface area contributed by atoms with Gasteiger partial charge in [0.15, 0.2) is 0 Å². The van der Waals surface area contributed by atoms with E-state index in [2.05, 4.69) is 15.3 Å². The molecule has 0 radical (unpaired) electrons. The van der Waals surface area contributed by atoms with Crippen molar-refractivity contribution in [2.75, 3.05) is 7.11 Å². The average Bonchev–Trinajstić information content (AvgIpc) is 3.29. The van der Waals surface area contributed by atoms with E-state index in [4.69, 9.17) is 9.72 Å². The van der Waals surface area contributed by atoms with Crippen LogP contribution in [-0.4, -0.2) is 34.0 Å². The average molecular weight is 487 g/mol. The smallest absolute Gasteiger partial charge is 0.251 e. The van der Waals surface area contributed by atoms with Crippen LogP contribution in [-0.2, 0) is 4.74 Å². The number of methoxy groups -OCH3 is 1. The Morgan fingerprint density at radius 2 is 1.89 bits per heavy atom. The molecule has 1 amide bonds. The van der Waals surface area contributed by atoms with E-state index in [-0.39, 0.29) is 17.8 Å². The molecule has 0 aliphatic heterocycles. The number of nitrogens with zero attached hydrogens (tertiary/aromatic N) is 2. The molecule has 1 atom stereocenters. The van der Waals surface area contributed by atoms with Gasteiger partial charge in [0.1, 0.15) is 17.7 Å². The van der Waals surface area contributed by atoms with Crippen LogP contribution < -0.4 is 5.32 Å². The summed E-state index contributed by atoms with van der Waals surface area (Å²) in [7, 11) is 1.74. The number of hydrogen-bond acceptors (Lipinski definition) is 4. The molecule has 0 unspecified atom stereocenters. The van der Waals surface area contributed by atoms with Crippen molar-refractivity contribution in [3.05, 3.63) is 71.4 Å². The van der Waals surface area contributed by atoms with Crippen molar-refractivity contribution in [1.29, 1.82) is 0 Å². The van der Waals surface area contributed by atoms with Crippen molar-refractivity contribution in [1.82, 2.24) is 20.3 Å². The van der Waals surface area contributed by atoms with Crippen LogP contribution in [0.25, 0.3) is 21.9 Å². The van der Waals surface area contributed by atoms with Crippen LogP contribution in [0.1, 0.15) is 78.7 Å². The monoisotopic (exact) mass is 486 g/mol. The summed E-state index contributed by atoms with van der Waals surface area (Å²) in [6.07, 6.45) is 9.00. The van der Waals surface area contributed by atoms with Gasteiger partial charge in [-0.1, -0.05) is 0 Å². The quantitative estimate of drug-likeness (QED) is 0.340. The maximum atomic E-state index is 13.9. The molecule has 2 N–H and O–H groups in total. The summed E-state index contributed by atoms with van der Waals surface area (Å²) in [5.74, 6) is 1.26. The Morgan fingerprint density at radius 1 is 1.06 bits per heavy atom. The first-order chi connectivity index (χ1) is 17.6. The van der Waals surface area contributed by atoms with Gasteiger partial charge in [-0.25, -0.2) is 9.37 Å². The Morgan fingerprint density at radius 3 is 2.64 bits per heavy atom. The summed E-state index contributed by atoms with van der Waals surface area (Å²) in [6, 6.07) is 12.8. The molecule has 2 fully saturated rings. The summed E-state index contributed by atoms with van der Waals surface area (Å²) >= 11 is 0. The number of benzene rings is 2. The van der Waals surface area contributed by atoms with Gasteiger partial charge in [-0.15, -0.1) is 0 Å². The largest absolute Gasteiger partial charge is 0.373 e. The normalized spacial score (nSPS) is 21.4. The van der Waals surface area contributed by atoms with E-state index in [0.29, 0.717) is 23.4 Å². The minimum atomic E-state index is -0.224. The number of fused-ring (bicyclic) bond motifs is 2. The molecule has 4 aromatic rings. The Bertz CT molecular complexity index is 1410. The van der Waals surface area contributed by atoms with E-state index in [1.54, 1.807) is 19.2 Å². The van der Waals surface area contributed by atoms with Crippen LogP contribution in [0.4, 0.5) is 4.39 Å². The fraction of sp³-hybridized carbons (Fsp3) is 0.414. The van der Waals surface area contributed by atoms with E-state index in [9.17, 15) is 9.18 Å². The number of aromatic amines is 1. The second kappa shape index (κ2) is 9.62. The fourth-order valence-corrected chi connectivity index (χ4v) is 5.88. The molecule has 7 heteroatoms. The van der Waals surface area contributed by atoms with Crippen molar-refractivity contribution in [2.24, 2.45) is 5.92 Å². The van der Waals surface area contributed by atoms with E-state index in [0.717, 1.165) is 66.3 Å². The zero-order valence-electron chi connectivity index (χ0n) is 20.5. The van der Waals surface area contributed by atoms with E-state index < -0.39 is 0 Å². The maximum Gasteiger partial charge on any atom is 0.251 e. The van der Waals surface area contributed by atoms with Crippen molar-refractivity contribution in [3.63, 3.8) is 0 Å². The van der Waals surface area contributed by atoms with Crippen LogP contribution in [0, 0.1) is 11.7 Å². The van der Waals surface area contributed by atoms with Gasteiger partial charge in [0.25, 0.3) is 5.91 Å². The van der Waals surface area contributed by atoms with Crippen LogP contribution in [0.3, 0.4) is 0 Å². The van der Waals surface area contributed by atoms with Crippen molar-refractivity contribution in [2.45, 2.75) is 63.0 Å². The molecule has 2 aromatic carbocycles. The van der Waals surface area contributed by atoms with E-state index in [1.165, 1.54) is 18.1 Å². The number of pyridine rings is 1. The third-order valence-electron chi connectivity index (χ3n) is 8.10. The number of rotatable bonds is 6. The SMILES string of the molecule is CO[C@@H](c1nc2cc(C(=O)NC3CCC3)ccc2[nH]1)C1CCC(c2ccnc3ccc(F)cc23)CC1. The molecule has 2 heterocycles. The summed E-state index contributed by atoms with van der Waals surface area (Å²) < 4.78 is 19.9. The molecular weight excluding hydrogens is 455 g/mol. The Balaban J connectivity index is 1.17. The van der Waals surface area contributed by atoms with E-state index >= 15 is 0 Å². The van der Waals surface area contributed by atoms with Gasteiger partial charge in [-0.05, 0) is 105 Å². The van der Waals surface area contributed by atoms with E-state index in [1.807, 2.05) is 30.5 Å². The van der Waals surface area contributed by atoms with Gasteiger partial charge < -0.3 is 15.0 Å². The van der Waals surface area contributed by atoms with Gasteiger partial charge in [-0.3, -0.25) is 9.78 Å². The standard InChI is InChI=1S/C29H31FN4O2/c1-36-27(28-33-25-11-9-19(15-26(25)34-28)29(35)32-21-3-2-4-21)18-7-5-17(6-8-18)22-13-14-31-24-12-10-20(30)16-23(22)24/h9-18,21,27H,2-8H2,1H3,(H,32,35)(H,33,34)/t17?,18?,27-/m1/s1. The van der Waals surface area contributed by atoms with Crippen LogP contribution >= 0.6 is 0 Å². The molecule has 2 saturated carbocycles. The van der Waals surface area contributed by atoms with Crippen LogP contribution in [0.5, 0.6) is 0 Å². The van der Waals surface area contributed by atoms with Crippen molar-refractivity contribution < 1.29 is 13.9 Å². The molecule has 2 aliphatic rings. The topological polar surface area (TPSA) is 79.9 Å². The molecule has 2 aliphatic carbocycles. The number of aromatic nitrogens is 3. The molecule has 2 aromatic heterocycles. The van der Waals surface area contributed by atoms with Crippen LogP contribution in [0.15, 0.2) is 48.7 Å². The molecular formula is C29H31FN4O2. The predicted molar refractivity (Wildman–Crippen MR) is 137 cm³/mol. The minimum absolute atomic E-state index is 0.0312. The first kappa shape index (κ1) is 23.1. The highest BCUT2D eigenvalue weighted by molar-refractivity contribution is 5.97. The summed E-state index contributed by atoms with van der Waals surface area (Å²) in [4.78, 5) is 25.3. The number of halogens is 1. The lowest BCUT2D eigenvalue weighted by Crippen LogP contribution is -2.39. The summed E-state index contributed by atoms with van der Waals surface area (Å²) in [5.41, 5.74) is 4.36. The zero-order chi connectivity index (χ0) is 24.6. The summed E-state index contributed by atoms with van der Waals surface area (Å²) in [6.45, 7) is 0. The number of imidazole rings is 1. The maximum absolute atomic E-state index is 13.9. The lowest BCUT2D eigenvalue weighted by molar-refractivity contribution is 0.0274. The Kier molecular flexibility index (Phi) is 6.17. The highest BCUT2D eigenvalue weighted by Gasteiger charge is 2.32. The molecule has 6 rings (SSSR count). The number of H-pyrrole nitrogens is 1. The van der Waals surface area contributed by atoms with Gasteiger partial charge in [-0.2, -0.15) is 0 Å². The third-order valence-corrected chi connectivity index (χ3v) is 8.10. The number of nitrogens with one attached hydrogen (secondary N) is 2. The van der Waals surface area contributed by atoms with Crippen LogP contribution in [0.2, 0.25) is 0 Å². The first-order valence-electron chi connectivity index (χ1n) is 13.0. The number of ether oxygens (including phenoxy) is 1. The minimum Gasteiger partial charge on any atom is -0.373 e. The fourth-order valence-electron chi connectivity index (χ4n) is 5.88. The van der Waals surface area contributed by atoms with Gasteiger partial charge in [0.2, 0.25) is 0 Å². The molecule has 0 bridgehead atoms. The summed E-state index contributed by atoms with van der Waals surface area (Å²) in [5, 5.41) is 4.01. The number of carbonyl (C=O) groups excluding carboxylic acids is 1.